The molecule has 1 fully saturated rings. The van der Waals surface area contributed by atoms with Crippen molar-refractivity contribution >= 4 is 42.1 Å². The van der Waals surface area contributed by atoms with Crippen LogP contribution < -0.4 is 26.3 Å². The SMILES string of the molecule is COc1ccc([Si](C)(C)[C@@H]2[C@@H](CCn3cc(CCO)nn3)O[C@]3(C(=O)Nc4ccc(NC(=O)c5ccc(N)cc5)cc43)[C@H]2C)cc1. The molecule has 4 aromatic rings. The van der Waals surface area contributed by atoms with Crippen LogP contribution in [0.3, 0.4) is 0 Å². The van der Waals surface area contributed by atoms with Crippen molar-refractivity contribution in [3.63, 3.8) is 0 Å². The zero-order chi connectivity index (χ0) is 32.6. The monoisotopic (exact) mass is 640 g/mol. The fourth-order valence-corrected chi connectivity index (χ4v) is 11.3. The van der Waals surface area contributed by atoms with E-state index >= 15 is 0 Å². The number of ether oxygens (including phenoxy) is 2. The number of fused-ring (bicyclic) bond motifs is 2. The first-order valence-electron chi connectivity index (χ1n) is 15.5. The molecule has 12 heteroatoms. The summed E-state index contributed by atoms with van der Waals surface area (Å²) in [5.41, 5.74) is 8.35. The number of aromatic nitrogens is 3. The molecule has 1 spiro atoms. The predicted octanol–water partition coefficient (Wildman–Crippen LogP) is 3.91. The molecule has 2 amide bonds. The van der Waals surface area contributed by atoms with E-state index in [1.165, 1.54) is 5.19 Å². The van der Waals surface area contributed by atoms with Gasteiger partial charge in [-0.25, -0.2) is 0 Å². The minimum Gasteiger partial charge on any atom is -0.497 e. The lowest BCUT2D eigenvalue weighted by molar-refractivity contribution is -0.143. The first-order valence-corrected chi connectivity index (χ1v) is 18.6. The van der Waals surface area contributed by atoms with Crippen molar-refractivity contribution in [2.24, 2.45) is 5.92 Å². The largest absolute Gasteiger partial charge is 0.497 e. The standard InChI is InChI=1S/C34H40N6O5Si/c1-21-31(46(3,4)27-12-10-26(44-2)11-13-27)30(15-17-40-20-25(16-18-41)38-39-40)45-34(21)28-19-24(9-14-29(28)37-33(34)43)36-32(42)22-5-7-23(35)8-6-22/h5-14,19-21,30-31,41H,15-18,35H2,1-4H3,(H,36,42)(H,37,43)/t21-,30+,31-,34+/m0/s1. The van der Waals surface area contributed by atoms with Crippen molar-refractivity contribution in [3.8, 4) is 5.75 Å². The van der Waals surface area contributed by atoms with Gasteiger partial charge in [0.2, 0.25) is 0 Å². The molecule has 5 N–H and O–H groups in total. The molecule has 240 valence electrons. The van der Waals surface area contributed by atoms with Crippen molar-refractivity contribution in [1.29, 1.82) is 0 Å². The van der Waals surface area contributed by atoms with Gasteiger partial charge in [0.05, 0.1) is 27.0 Å². The van der Waals surface area contributed by atoms with E-state index in [1.807, 2.05) is 30.5 Å². The Morgan fingerprint density at radius 3 is 2.59 bits per heavy atom. The van der Waals surface area contributed by atoms with Crippen LogP contribution in [0, 0.1) is 5.92 Å². The van der Waals surface area contributed by atoms with Crippen LogP contribution in [0.1, 0.15) is 35.0 Å². The maximum atomic E-state index is 14.1. The van der Waals surface area contributed by atoms with Gasteiger partial charge in [0.15, 0.2) is 5.60 Å². The summed E-state index contributed by atoms with van der Waals surface area (Å²) in [7, 11) is -0.650. The summed E-state index contributed by atoms with van der Waals surface area (Å²) in [5, 5.41) is 25.0. The second-order valence-electron chi connectivity index (χ2n) is 12.7. The van der Waals surface area contributed by atoms with Crippen LogP contribution in [0.2, 0.25) is 18.6 Å². The predicted molar refractivity (Wildman–Crippen MR) is 179 cm³/mol. The molecule has 2 aliphatic heterocycles. The van der Waals surface area contributed by atoms with Crippen molar-refractivity contribution in [2.75, 3.05) is 30.1 Å². The van der Waals surface area contributed by atoms with Crippen LogP contribution in [0.4, 0.5) is 17.1 Å². The minimum atomic E-state index is -2.31. The molecule has 0 saturated carbocycles. The van der Waals surface area contributed by atoms with Gasteiger partial charge < -0.3 is 30.9 Å². The molecule has 1 aromatic heterocycles. The topological polar surface area (TPSA) is 154 Å². The summed E-state index contributed by atoms with van der Waals surface area (Å²) in [6.45, 7) is 7.33. The van der Waals surface area contributed by atoms with Crippen LogP contribution in [0.5, 0.6) is 5.75 Å². The summed E-state index contributed by atoms with van der Waals surface area (Å²) in [6, 6.07) is 20.4. The summed E-state index contributed by atoms with van der Waals surface area (Å²) in [5.74, 6) is 0.130. The Kier molecular flexibility index (Phi) is 8.44. The number of nitrogens with two attached hydrogens (primary N) is 1. The highest BCUT2D eigenvalue weighted by atomic mass is 28.3. The van der Waals surface area contributed by atoms with E-state index in [0.29, 0.717) is 42.0 Å². The Bertz CT molecular complexity index is 1740. The van der Waals surface area contributed by atoms with Crippen LogP contribution in [0.15, 0.2) is 72.9 Å². The Morgan fingerprint density at radius 1 is 1.15 bits per heavy atom. The van der Waals surface area contributed by atoms with E-state index in [1.54, 1.807) is 42.1 Å². The van der Waals surface area contributed by atoms with Crippen molar-refractivity contribution < 1.29 is 24.2 Å². The first kappa shape index (κ1) is 31.5. The molecular weight excluding hydrogens is 600 g/mol. The molecule has 0 unspecified atom stereocenters. The second-order valence-corrected chi connectivity index (χ2v) is 17.4. The van der Waals surface area contributed by atoms with E-state index in [-0.39, 0.29) is 36.0 Å². The number of nitrogens with one attached hydrogen (secondary N) is 2. The van der Waals surface area contributed by atoms with Gasteiger partial charge in [-0.2, -0.15) is 0 Å². The molecule has 1 saturated heterocycles. The number of hydrogen-bond donors (Lipinski definition) is 4. The van der Waals surface area contributed by atoms with Gasteiger partial charge >= 0.3 is 0 Å². The maximum Gasteiger partial charge on any atom is 0.261 e. The summed E-state index contributed by atoms with van der Waals surface area (Å²) in [6.07, 6.45) is 2.63. The van der Waals surface area contributed by atoms with Gasteiger partial charge in [-0.15, -0.1) is 5.10 Å². The molecule has 0 radical (unpaired) electrons. The average Bonchev–Trinajstić information content (AvgIpc) is 3.71. The smallest absolute Gasteiger partial charge is 0.261 e. The highest BCUT2D eigenvalue weighted by Crippen LogP contribution is 2.59. The van der Waals surface area contributed by atoms with Gasteiger partial charge in [0.1, 0.15) is 5.75 Å². The lowest BCUT2D eigenvalue weighted by Gasteiger charge is -2.37. The number of carbonyl (C=O) groups excluding carboxylic acids is 2. The van der Waals surface area contributed by atoms with E-state index in [0.717, 1.165) is 17.0 Å². The maximum absolute atomic E-state index is 14.1. The summed E-state index contributed by atoms with van der Waals surface area (Å²) < 4.78 is 14.2. The number of nitrogen functional groups attached to an aromatic ring is 1. The van der Waals surface area contributed by atoms with Gasteiger partial charge in [0, 0.05) is 59.9 Å². The first-order chi connectivity index (χ1) is 22.1. The molecule has 46 heavy (non-hydrogen) atoms. The minimum absolute atomic E-state index is 0.00509. The lowest BCUT2D eigenvalue weighted by atomic mass is 9.82. The van der Waals surface area contributed by atoms with E-state index in [4.69, 9.17) is 15.2 Å². The fourth-order valence-electron chi connectivity index (χ4n) is 7.25. The molecular formula is C34H40N6O5Si. The number of anilines is 3. The fraction of sp³-hybridized carbons (Fsp3) is 0.353. The zero-order valence-corrected chi connectivity index (χ0v) is 27.5. The van der Waals surface area contributed by atoms with E-state index < -0.39 is 13.7 Å². The Hall–Kier alpha value is -4.52. The number of aliphatic hydroxyl groups is 1. The third-order valence-electron chi connectivity index (χ3n) is 9.62. The molecule has 11 nitrogen and oxygen atoms in total. The normalized spacial score (nSPS) is 22.1. The Labute approximate surface area is 269 Å². The highest BCUT2D eigenvalue weighted by Gasteiger charge is 2.64. The number of amides is 2. The molecule has 0 aliphatic carbocycles. The Morgan fingerprint density at radius 2 is 1.89 bits per heavy atom. The van der Waals surface area contributed by atoms with Gasteiger partial charge in [-0.1, -0.05) is 42.6 Å². The van der Waals surface area contributed by atoms with Crippen molar-refractivity contribution in [1.82, 2.24) is 15.0 Å². The number of aryl methyl sites for hydroxylation is 1. The second kappa shape index (κ2) is 12.3. The van der Waals surface area contributed by atoms with Gasteiger partial charge in [-0.05, 0) is 66.6 Å². The molecule has 0 bridgehead atoms. The average molecular weight is 641 g/mol. The number of benzene rings is 3. The van der Waals surface area contributed by atoms with Crippen LogP contribution in [-0.4, -0.2) is 59.8 Å². The van der Waals surface area contributed by atoms with Gasteiger partial charge in [-0.3, -0.25) is 14.3 Å². The zero-order valence-electron chi connectivity index (χ0n) is 26.5. The van der Waals surface area contributed by atoms with E-state index in [9.17, 15) is 14.7 Å². The van der Waals surface area contributed by atoms with Crippen LogP contribution in [-0.2, 0) is 28.1 Å². The number of nitrogens with zero attached hydrogens (tertiary/aromatic N) is 3. The third kappa shape index (κ3) is 5.57. The summed E-state index contributed by atoms with van der Waals surface area (Å²) >= 11 is 0. The van der Waals surface area contributed by atoms with E-state index in [2.05, 4.69) is 53.1 Å². The molecule has 3 aromatic carbocycles. The quantitative estimate of drug-likeness (QED) is 0.150. The van der Waals surface area contributed by atoms with Crippen LogP contribution >= 0.6 is 0 Å². The number of methoxy groups -OCH3 is 1. The van der Waals surface area contributed by atoms with Crippen molar-refractivity contribution in [3.05, 3.63) is 89.7 Å². The highest BCUT2D eigenvalue weighted by molar-refractivity contribution is 6.91. The number of aliphatic hydroxyl groups excluding tert-OH is 1. The molecule has 2 aliphatic rings. The van der Waals surface area contributed by atoms with Gasteiger partial charge in [0.25, 0.3) is 11.8 Å². The number of carbonyl (C=O) groups is 2. The van der Waals surface area contributed by atoms with Crippen molar-refractivity contribution in [2.45, 2.75) is 56.7 Å². The molecule has 6 rings (SSSR count). The Balaban J connectivity index is 1.36. The lowest BCUT2D eigenvalue weighted by Crippen LogP contribution is -2.51. The molecule has 3 heterocycles. The molecule has 4 atom stereocenters. The number of rotatable bonds is 10. The third-order valence-corrected chi connectivity index (χ3v) is 14.0. The van der Waals surface area contributed by atoms with Crippen LogP contribution in [0.25, 0.3) is 0 Å². The summed E-state index contributed by atoms with van der Waals surface area (Å²) in [4.78, 5) is 27.1. The number of hydrogen-bond acceptors (Lipinski definition) is 8.